The molecule has 2 amide bonds. The number of para-hydroxylation sites is 1. The van der Waals surface area contributed by atoms with Crippen molar-refractivity contribution in [1.82, 2.24) is 9.88 Å². The summed E-state index contributed by atoms with van der Waals surface area (Å²) in [5.74, 6) is -0.679. The van der Waals surface area contributed by atoms with Crippen LogP contribution in [0.15, 0.2) is 35.7 Å². The van der Waals surface area contributed by atoms with Gasteiger partial charge in [0.05, 0.1) is 0 Å². The highest BCUT2D eigenvalue weighted by Crippen LogP contribution is 2.24. The van der Waals surface area contributed by atoms with Gasteiger partial charge in [-0.15, -0.1) is 11.3 Å². The number of primary amides is 1. The number of amides is 2. The molecule has 0 spiro atoms. The third kappa shape index (κ3) is 3.50. The fourth-order valence-electron chi connectivity index (χ4n) is 2.69. The fraction of sp³-hybridized carbons (Fsp3) is 0.312. The second-order valence-corrected chi connectivity index (χ2v) is 6.30. The molecule has 3 rings (SSSR count). The van der Waals surface area contributed by atoms with Crippen LogP contribution in [0.1, 0.15) is 29.8 Å². The minimum absolute atomic E-state index is 0.231. The van der Waals surface area contributed by atoms with Crippen molar-refractivity contribution in [2.75, 3.05) is 11.9 Å². The zero-order valence-electron chi connectivity index (χ0n) is 12.6. The molecule has 23 heavy (non-hydrogen) atoms. The van der Waals surface area contributed by atoms with E-state index in [1.165, 1.54) is 11.3 Å². The third-order valence-corrected chi connectivity index (χ3v) is 4.60. The quantitative estimate of drug-likeness (QED) is 0.901. The molecule has 1 aliphatic heterocycles. The number of aromatic nitrogens is 1. The SMILES string of the molecule is NC(=O)C1CCCCN1C(=O)c1csc(Nc2ccccc2)n1. The van der Waals surface area contributed by atoms with Gasteiger partial charge >= 0.3 is 0 Å². The van der Waals surface area contributed by atoms with E-state index in [1.807, 2.05) is 30.3 Å². The Morgan fingerprint density at radius 2 is 2.04 bits per heavy atom. The number of nitrogens with zero attached hydrogens (tertiary/aromatic N) is 2. The Balaban J connectivity index is 1.74. The summed E-state index contributed by atoms with van der Waals surface area (Å²) in [5, 5.41) is 5.52. The van der Waals surface area contributed by atoms with Gasteiger partial charge in [-0.1, -0.05) is 18.2 Å². The highest BCUT2D eigenvalue weighted by atomic mass is 32.1. The number of carbonyl (C=O) groups is 2. The zero-order valence-corrected chi connectivity index (χ0v) is 13.4. The van der Waals surface area contributed by atoms with Gasteiger partial charge in [-0.3, -0.25) is 9.59 Å². The molecule has 0 saturated carbocycles. The van der Waals surface area contributed by atoms with Crippen LogP contribution in [0.3, 0.4) is 0 Å². The van der Waals surface area contributed by atoms with Crippen LogP contribution in [-0.4, -0.2) is 34.3 Å². The minimum Gasteiger partial charge on any atom is -0.368 e. The molecule has 2 aromatic rings. The predicted molar refractivity (Wildman–Crippen MR) is 89.7 cm³/mol. The molecule has 1 unspecified atom stereocenters. The topological polar surface area (TPSA) is 88.3 Å². The normalized spacial score (nSPS) is 17.7. The van der Waals surface area contributed by atoms with Crippen molar-refractivity contribution < 1.29 is 9.59 Å². The largest absolute Gasteiger partial charge is 0.368 e. The van der Waals surface area contributed by atoms with Gasteiger partial charge < -0.3 is 16.0 Å². The Morgan fingerprint density at radius 3 is 2.78 bits per heavy atom. The van der Waals surface area contributed by atoms with Crippen LogP contribution in [0.5, 0.6) is 0 Å². The maximum absolute atomic E-state index is 12.6. The van der Waals surface area contributed by atoms with E-state index in [2.05, 4.69) is 10.3 Å². The second-order valence-electron chi connectivity index (χ2n) is 5.44. The number of anilines is 2. The van der Waals surface area contributed by atoms with Crippen LogP contribution in [0, 0.1) is 0 Å². The number of rotatable bonds is 4. The van der Waals surface area contributed by atoms with Crippen LogP contribution in [0.4, 0.5) is 10.8 Å². The van der Waals surface area contributed by atoms with Crippen LogP contribution >= 0.6 is 11.3 Å². The zero-order chi connectivity index (χ0) is 16.2. The van der Waals surface area contributed by atoms with Crippen molar-refractivity contribution in [1.29, 1.82) is 0 Å². The first-order valence-electron chi connectivity index (χ1n) is 7.53. The molecule has 1 atom stereocenters. The van der Waals surface area contributed by atoms with E-state index in [-0.39, 0.29) is 5.91 Å². The summed E-state index contributed by atoms with van der Waals surface area (Å²) in [6.45, 7) is 0.547. The maximum Gasteiger partial charge on any atom is 0.274 e. The molecule has 1 saturated heterocycles. The first kappa shape index (κ1) is 15.5. The standard InChI is InChI=1S/C16H18N4O2S/c17-14(21)13-8-4-5-9-20(13)15(22)12-10-23-16(19-12)18-11-6-2-1-3-7-11/h1-3,6-7,10,13H,4-5,8-9H2,(H2,17,21)(H,18,19). The molecule has 7 heteroatoms. The highest BCUT2D eigenvalue weighted by Gasteiger charge is 2.32. The van der Waals surface area contributed by atoms with Crippen molar-refractivity contribution >= 4 is 34.0 Å². The Hall–Kier alpha value is -2.41. The number of piperidine rings is 1. The smallest absolute Gasteiger partial charge is 0.274 e. The molecule has 1 fully saturated rings. The van der Waals surface area contributed by atoms with E-state index in [0.717, 1.165) is 18.5 Å². The minimum atomic E-state index is -0.525. The summed E-state index contributed by atoms with van der Waals surface area (Å²) in [6, 6.07) is 9.11. The Morgan fingerprint density at radius 1 is 1.26 bits per heavy atom. The van der Waals surface area contributed by atoms with Gasteiger partial charge in [0.2, 0.25) is 5.91 Å². The molecular weight excluding hydrogens is 312 g/mol. The molecule has 0 aliphatic carbocycles. The predicted octanol–water partition coefficient (Wildman–Crippen LogP) is 2.37. The molecule has 2 heterocycles. The molecule has 0 radical (unpaired) electrons. The van der Waals surface area contributed by atoms with Crippen LogP contribution in [0.2, 0.25) is 0 Å². The van der Waals surface area contributed by atoms with E-state index in [1.54, 1.807) is 10.3 Å². The molecular formula is C16H18N4O2S. The molecule has 6 nitrogen and oxygen atoms in total. The summed E-state index contributed by atoms with van der Waals surface area (Å²) in [6.07, 6.45) is 2.42. The van der Waals surface area contributed by atoms with Crippen molar-refractivity contribution in [3.05, 3.63) is 41.4 Å². The number of carbonyl (C=O) groups excluding carboxylic acids is 2. The van der Waals surface area contributed by atoms with Crippen molar-refractivity contribution in [3.8, 4) is 0 Å². The molecule has 1 aromatic heterocycles. The van der Waals surface area contributed by atoms with Gasteiger partial charge in [0.25, 0.3) is 5.91 Å². The van der Waals surface area contributed by atoms with Crippen LogP contribution < -0.4 is 11.1 Å². The first-order valence-corrected chi connectivity index (χ1v) is 8.41. The Kier molecular flexibility index (Phi) is 4.57. The van der Waals surface area contributed by atoms with Gasteiger partial charge in [-0.2, -0.15) is 0 Å². The monoisotopic (exact) mass is 330 g/mol. The number of nitrogens with two attached hydrogens (primary N) is 1. The van der Waals surface area contributed by atoms with Crippen LogP contribution in [-0.2, 0) is 4.79 Å². The van der Waals surface area contributed by atoms with Gasteiger partial charge in [-0.05, 0) is 31.4 Å². The third-order valence-electron chi connectivity index (χ3n) is 3.84. The lowest BCUT2D eigenvalue weighted by atomic mass is 10.0. The van der Waals surface area contributed by atoms with E-state index in [4.69, 9.17) is 5.73 Å². The lowest BCUT2D eigenvalue weighted by Gasteiger charge is -2.33. The fourth-order valence-corrected chi connectivity index (χ4v) is 3.40. The van der Waals surface area contributed by atoms with Crippen molar-refractivity contribution in [3.63, 3.8) is 0 Å². The van der Waals surface area contributed by atoms with Gasteiger partial charge in [-0.25, -0.2) is 4.98 Å². The van der Waals surface area contributed by atoms with E-state index < -0.39 is 11.9 Å². The van der Waals surface area contributed by atoms with Crippen LogP contribution in [0.25, 0.3) is 0 Å². The molecule has 1 aromatic carbocycles. The number of hydrogen-bond acceptors (Lipinski definition) is 5. The molecule has 0 bridgehead atoms. The summed E-state index contributed by atoms with van der Waals surface area (Å²) in [4.78, 5) is 30.0. The molecule has 3 N–H and O–H groups in total. The summed E-state index contributed by atoms with van der Waals surface area (Å²) < 4.78 is 0. The van der Waals surface area contributed by atoms with Gasteiger partial charge in [0.1, 0.15) is 11.7 Å². The van der Waals surface area contributed by atoms with E-state index in [0.29, 0.717) is 23.8 Å². The summed E-state index contributed by atoms with van der Waals surface area (Å²) in [5.41, 5.74) is 6.68. The number of benzene rings is 1. The summed E-state index contributed by atoms with van der Waals surface area (Å²) in [7, 11) is 0. The Labute approximate surface area is 138 Å². The average Bonchev–Trinajstić information content (AvgIpc) is 3.03. The lowest BCUT2D eigenvalue weighted by molar-refractivity contribution is -0.123. The van der Waals surface area contributed by atoms with E-state index in [9.17, 15) is 9.59 Å². The van der Waals surface area contributed by atoms with Crippen molar-refractivity contribution in [2.24, 2.45) is 5.73 Å². The first-order chi connectivity index (χ1) is 11.1. The number of likely N-dealkylation sites (tertiary alicyclic amines) is 1. The highest BCUT2D eigenvalue weighted by molar-refractivity contribution is 7.14. The Bertz CT molecular complexity index is 701. The second kappa shape index (κ2) is 6.78. The molecule has 120 valence electrons. The van der Waals surface area contributed by atoms with Gasteiger partial charge in [0, 0.05) is 17.6 Å². The number of nitrogens with one attached hydrogen (secondary N) is 1. The average molecular weight is 330 g/mol. The van der Waals surface area contributed by atoms with Crippen molar-refractivity contribution in [2.45, 2.75) is 25.3 Å². The number of hydrogen-bond donors (Lipinski definition) is 2. The molecule has 1 aliphatic rings. The lowest BCUT2D eigenvalue weighted by Crippen LogP contribution is -2.50. The maximum atomic E-state index is 12.6. The number of thiazole rings is 1. The van der Waals surface area contributed by atoms with Gasteiger partial charge in [0.15, 0.2) is 5.13 Å². The summed E-state index contributed by atoms with van der Waals surface area (Å²) >= 11 is 1.36. The van der Waals surface area contributed by atoms with E-state index >= 15 is 0 Å².